The number of carbonyl (C=O) groups excluding carboxylic acids is 2. The van der Waals surface area contributed by atoms with Gasteiger partial charge in [-0.05, 0) is 19.4 Å². The minimum Gasteiger partial charge on any atom is -0.372 e. The third kappa shape index (κ3) is 5.52. The van der Waals surface area contributed by atoms with E-state index in [1.165, 1.54) is 0 Å². The monoisotopic (exact) mass is 264 g/mol. The molecule has 0 saturated heterocycles. The van der Waals surface area contributed by atoms with Crippen LogP contribution in [0.4, 0.5) is 0 Å². The zero-order chi connectivity index (χ0) is 14.3. The maximum atomic E-state index is 11.5. The van der Waals surface area contributed by atoms with E-state index in [4.69, 9.17) is 10.5 Å². The molecule has 0 aliphatic carbocycles. The van der Waals surface area contributed by atoms with Crippen LogP contribution in [-0.2, 0) is 20.7 Å². The number of hydrogen-bond acceptors (Lipinski definition) is 3. The molecule has 0 fully saturated rings. The van der Waals surface area contributed by atoms with Crippen LogP contribution in [0.3, 0.4) is 0 Å². The van der Waals surface area contributed by atoms with Crippen LogP contribution in [0.25, 0.3) is 0 Å². The van der Waals surface area contributed by atoms with Gasteiger partial charge in [-0.15, -0.1) is 0 Å². The van der Waals surface area contributed by atoms with Crippen LogP contribution in [-0.4, -0.2) is 31.1 Å². The van der Waals surface area contributed by atoms with Gasteiger partial charge in [0.05, 0.1) is 0 Å². The highest BCUT2D eigenvalue weighted by Crippen LogP contribution is 2.06. The fraction of sp³-hybridized carbons (Fsp3) is 0.429. The number of carbonyl (C=O) groups is 2. The summed E-state index contributed by atoms with van der Waals surface area (Å²) in [5.41, 5.74) is 7.39. The summed E-state index contributed by atoms with van der Waals surface area (Å²) in [6.07, 6.45) is 0.382. The van der Waals surface area contributed by atoms with Crippen molar-refractivity contribution in [1.29, 1.82) is 0 Å². The lowest BCUT2D eigenvalue weighted by molar-refractivity contribution is -0.130. The molecule has 0 aliphatic heterocycles. The smallest absolute Gasteiger partial charge is 0.246 e. The van der Waals surface area contributed by atoms with Gasteiger partial charge in [0.25, 0.3) is 0 Å². The van der Waals surface area contributed by atoms with E-state index in [0.29, 0.717) is 13.0 Å². The Hall–Kier alpha value is -1.88. The van der Waals surface area contributed by atoms with E-state index in [2.05, 4.69) is 5.32 Å². The minimum atomic E-state index is -0.712. The summed E-state index contributed by atoms with van der Waals surface area (Å²) in [5, 5.41) is 2.58. The number of amides is 2. The topological polar surface area (TPSA) is 81.4 Å². The summed E-state index contributed by atoms with van der Waals surface area (Å²) >= 11 is 0. The predicted octanol–water partition coefficient (Wildman–Crippen LogP) is 0.544. The van der Waals surface area contributed by atoms with Crippen LogP contribution < -0.4 is 11.1 Å². The quantitative estimate of drug-likeness (QED) is 0.754. The molecule has 0 spiro atoms. The second-order valence-electron chi connectivity index (χ2n) is 4.35. The van der Waals surface area contributed by atoms with E-state index in [1.54, 1.807) is 6.92 Å². The predicted molar refractivity (Wildman–Crippen MR) is 72.5 cm³/mol. The zero-order valence-corrected chi connectivity index (χ0v) is 11.3. The van der Waals surface area contributed by atoms with Crippen molar-refractivity contribution in [3.05, 3.63) is 35.4 Å². The van der Waals surface area contributed by atoms with Crippen molar-refractivity contribution in [3.8, 4) is 0 Å². The van der Waals surface area contributed by atoms with Crippen LogP contribution in [0, 0.1) is 6.92 Å². The van der Waals surface area contributed by atoms with Gasteiger partial charge in [0.2, 0.25) is 11.8 Å². The largest absolute Gasteiger partial charge is 0.372 e. The van der Waals surface area contributed by atoms with Crippen LogP contribution >= 0.6 is 0 Å². The van der Waals surface area contributed by atoms with Gasteiger partial charge in [-0.25, -0.2) is 0 Å². The maximum absolute atomic E-state index is 11.5. The first-order valence-electron chi connectivity index (χ1n) is 6.25. The fourth-order valence-electron chi connectivity index (χ4n) is 1.61. The van der Waals surface area contributed by atoms with E-state index in [1.807, 2.05) is 31.2 Å². The third-order valence-electron chi connectivity index (χ3n) is 2.68. The normalized spacial score (nSPS) is 11.9. The molecule has 1 aromatic rings. The molecule has 104 valence electrons. The molecule has 3 N–H and O–H groups in total. The average molecular weight is 264 g/mol. The van der Waals surface area contributed by atoms with Crippen molar-refractivity contribution >= 4 is 11.8 Å². The van der Waals surface area contributed by atoms with Gasteiger partial charge in [0.15, 0.2) is 0 Å². The molecule has 0 unspecified atom stereocenters. The van der Waals surface area contributed by atoms with Crippen molar-refractivity contribution in [2.24, 2.45) is 5.73 Å². The number of primary amides is 1. The third-order valence-corrected chi connectivity index (χ3v) is 2.68. The number of aryl methyl sites for hydroxylation is 1. The molecule has 0 heterocycles. The second kappa shape index (κ2) is 7.53. The van der Waals surface area contributed by atoms with Crippen LogP contribution in [0.15, 0.2) is 24.3 Å². The number of nitrogens with one attached hydrogen (secondary N) is 1. The molecule has 0 bridgehead atoms. The molecule has 0 radical (unpaired) electrons. The Bertz CT molecular complexity index is 429. The fourth-order valence-corrected chi connectivity index (χ4v) is 1.61. The summed E-state index contributed by atoms with van der Waals surface area (Å²) in [6, 6.07) is 7.03. The molecular formula is C14H20N2O3. The van der Waals surface area contributed by atoms with Gasteiger partial charge in [0.1, 0.15) is 12.6 Å². The lowest BCUT2D eigenvalue weighted by Crippen LogP contribution is -2.47. The summed E-state index contributed by atoms with van der Waals surface area (Å²) in [5.74, 6) is -0.886. The van der Waals surface area contributed by atoms with Gasteiger partial charge < -0.3 is 15.8 Å². The summed E-state index contributed by atoms with van der Waals surface area (Å²) in [4.78, 5) is 22.9. The summed E-state index contributed by atoms with van der Waals surface area (Å²) in [7, 11) is 0. The molecule has 0 aliphatic rings. The Balaban J connectivity index is 2.60. The van der Waals surface area contributed by atoms with E-state index in [9.17, 15) is 9.59 Å². The average Bonchev–Trinajstić information content (AvgIpc) is 2.38. The van der Waals surface area contributed by atoms with E-state index >= 15 is 0 Å². The molecule has 1 aromatic carbocycles. The second-order valence-corrected chi connectivity index (χ2v) is 4.35. The maximum Gasteiger partial charge on any atom is 0.246 e. The van der Waals surface area contributed by atoms with E-state index in [-0.39, 0.29) is 12.5 Å². The van der Waals surface area contributed by atoms with Crippen molar-refractivity contribution < 1.29 is 14.3 Å². The molecule has 5 nitrogen and oxygen atoms in total. The van der Waals surface area contributed by atoms with Gasteiger partial charge in [-0.3, -0.25) is 9.59 Å². The minimum absolute atomic E-state index is 0.0613. The Morgan fingerprint density at radius 1 is 1.32 bits per heavy atom. The van der Waals surface area contributed by atoms with Gasteiger partial charge in [-0.1, -0.05) is 29.8 Å². The molecule has 1 rings (SSSR count). The number of nitrogens with two attached hydrogens (primary N) is 1. The lowest BCUT2D eigenvalue weighted by atomic mass is 10.0. The van der Waals surface area contributed by atoms with Gasteiger partial charge >= 0.3 is 0 Å². The molecule has 0 aromatic heterocycles. The highest BCUT2D eigenvalue weighted by molar-refractivity contribution is 5.87. The van der Waals surface area contributed by atoms with Gasteiger partial charge in [-0.2, -0.15) is 0 Å². The lowest BCUT2D eigenvalue weighted by Gasteiger charge is -2.15. The van der Waals surface area contributed by atoms with Crippen molar-refractivity contribution in [2.45, 2.75) is 26.3 Å². The van der Waals surface area contributed by atoms with Crippen molar-refractivity contribution in [2.75, 3.05) is 13.2 Å². The number of benzene rings is 1. The highest BCUT2D eigenvalue weighted by atomic mass is 16.5. The number of hydrogen-bond donors (Lipinski definition) is 2. The van der Waals surface area contributed by atoms with E-state index in [0.717, 1.165) is 11.1 Å². The number of rotatable bonds is 7. The standard InChI is InChI=1S/C14H20N2O3/c1-3-19-9-13(17)16-12(14(15)18)8-11-6-4-10(2)5-7-11/h4-7,12H,3,8-9H2,1-2H3,(H2,15,18)(H,16,17)/t12-/m0/s1. The zero-order valence-electron chi connectivity index (χ0n) is 11.3. The molecular weight excluding hydrogens is 244 g/mol. The van der Waals surface area contributed by atoms with Crippen LogP contribution in [0.2, 0.25) is 0 Å². The van der Waals surface area contributed by atoms with Gasteiger partial charge in [0, 0.05) is 13.0 Å². The molecule has 5 heteroatoms. The van der Waals surface area contributed by atoms with Crippen molar-refractivity contribution in [3.63, 3.8) is 0 Å². The van der Waals surface area contributed by atoms with E-state index < -0.39 is 11.9 Å². The summed E-state index contributed by atoms with van der Waals surface area (Å²) in [6.45, 7) is 4.17. The first-order chi connectivity index (χ1) is 9.02. The Kier molecular flexibility index (Phi) is 6.02. The molecule has 19 heavy (non-hydrogen) atoms. The highest BCUT2D eigenvalue weighted by Gasteiger charge is 2.18. The van der Waals surface area contributed by atoms with Crippen LogP contribution in [0.1, 0.15) is 18.1 Å². The first kappa shape index (κ1) is 15.2. The van der Waals surface area contributed by atoms with Crippen molar-refractivity contribution in [1.82, 2.24) is 5.32 Å². The SMILES string of the molecule is CCOCC(=O)N[C@@H](Cc1ccc(C)cc1)C(N)=O. The molecule has 0 saturated carbocycles. The first-order valence-corrected chi connectivity index (χ1v) is 6.25. The Labute approximate surface area is 113 Å². The Morgan fingerprint density at radius 3 is 2.47 bits per heavy atom. The molecule has 2 amide bonds. The number of ether oxygens (including phenoxy) is 1. The molecule has 1 atom stereocenters. The summed E-state index contributed by atoms with van der Waals surface area (Å²) < 4.78 is 4.98. The van der Waals surface area contributed by atoms with Crippen LogP contribution in [0.5, 0.6) is 0 Å². The Morgan fingerprint density at radius 2 is 1.95 bits per heavy atom.